The van der Waals surface area contributed by atoms with Crippen LogP contribution in [-0.4, -0.2) is 31.3 Å². The summed E-state index contributed by atoms with van der Waals surface area (Å²) in [7, 11) is 3.03. The molecule has 130 valence electrons. The van der Waals surface area contributed by atoms with Crippen LogP contribution in [0.25, 0.3) is 0 Å². The van der Waals surface area contributed by atoms with E-state index in [1.54, 1.807) is 18.2 Å². The van der Waals surface area contributed by atoms with E-state index in [1.807, 2.05) is 0 Å². The molecule has 25 heavy (non-hydrogen) atoms. The highest BCUT2D eigenvalue weighted by atomic mass is 35.5. The lowest BCUT2D eigenvalue weighted by atomic mass is 10.2. The Balaban J connectivity index is 2.10. The maximum atomic E-state index is 12.0. The Morgan fingerprint density at radius 1 is 1.20 bits per heavy atom. The van der Waals surface area contributed by atoms with E-state index in [2.05, 4.69) is 10.5 Å². The Hall–Kier alpha value is -3.13. The van der Waals surface area contributed by atoms with Gasteiger partial charge in [-0.2, -0.15) is 5.10 Å². The molecule has 0 heterocycles. The van der Waals surface area contributed by atoms with Crippen LogP contribution in [0.2, 0.25) is 5.02 Å². The number of amides is 1. The van der Waals surface area contributed by atoms with Gasteiger partial charge in [-0.05, 0) is 35.9 Å². The third-order valence-electron chi connectivity index (χ3n) is 3.19. The van der Waals surface area contributed by atoms with Crippen molar-refractivity contribution in [3.05, 3.63) is 62.7 Å². The fourth-order valence-electron chi connectivity index (χ4n) is 1.96. The van der Waals surface area contributed by atoms with E-state index in [-0.39, 0.29) is 16.3 Å². The van der Waals surface area contributed by atoms with Gasteiger partial charge in [-0.15, -0.1) is 0 Å². The number of ether oxygens (including phenoxy) is 2. The first-order chi connectivity index (χ1) is 12.0. The second-order valence-corrected chi connectivity index (χ2v) is 5.14. The van der Waals surface area contributed by atoms with Gasteiger partial charge in [-0.1, -0.05) is 11.6 Å². The normalized spacial score (nSPS) is 10.5. The maximum absolute atomic E-state index is 12.0. The molecule has 8 nitrogen and oxygen atoms in total. The van der Waals surface area contributed by atoms with E-state index in [0.717, 1.165) is 6.07 Å². The molecule has 2 aromatic carbocycles. The highest BCUT2D eigenvalue weighted by Crippen LogP contribution is 2.27. The summed E-state index contributed by atoms with van der Waals surface area (Å²) in [6, 6.07) is 8.85. The monoisotopic (exact) mass is 363 g/mol. The minimum absolute atomic E-state index is 0.0459. The van der Waals surface area contributed by atoms with Crippen LogP contribution in [0.5, 0.6) is 11.5 Å². The molecule has 9 heteroatoms. The Morgan fingerprint density at radius 3 is 2.56 bits per heavy atom. The predicted molar refractivity (Wildman–Crippen MR) is 92.7 cm³/mol. The van der Waals surface area contributed by atoms with Crippen molar-refractivity contribution in [3.8, 4) is 11.5 Å². The topological polar surface area (TPSA) is 103 Å². The molecule has 0 atom stereocenters. The summed E-state index contributed by atoms with van der Waals surface area (Å²) in [5.74, 6) is 0.486. The van der Waals surface area contributed by atoms with E-state index in [9.17, 15) is 14.9 Å². The second kappa shape index (κ2) is 8.11. The van der Waals surface area contributed by atoms with Gasteiger partial charge in [0.15, 0.2) is 11.5 Å². The lowest BCUT2D eigenvalue weighted by Gasteiger charge is -2.07. The summed E-state index contributed by atoms with van der Waals surface area (Å²) in [6.07, 6.45) is 1.41. The minimum Gasteiger partial charge on any atom is -0.493 e. The molecule has 0 radical (unpaired) electrons. The molecule has 0 aromatic heterocycles. The predicted octanol–water partition coefficient (Wildman–Crippen LogP) is 3.03. The van der Waals surface area contributed by atoms with Crippen LogP contribution in [0.15, 0.2) is 41.5 Å². The molecule has 1 amide bonds. The van der Waals surface area contributed by atoms with Gasteiger partial charge < -0.3 is 9.47 Å². The molecule has 2 rings (SSSR count). The first-order valence-electron chi connectivity index (χ1n) is 6.95. The highest BCUT2D eigenvalue weighted by Gasteiger charge is 2.15. The number of carbonyl (C=O) groups is 1. The number of hydrazone groups is 1. The summed E-state index contributed by atoms with van der Waals surface area (Å²) in [5.41, 5.74) is 2.68. The van der Waals surface area contributed by atoms with Crippen molar-refractivity contribution in [1.29, 1.82) is 0 Å². The largest absolute Gasteiger partial charge is 0.493 e. The minimum atomic E-state index is -0.661. The van der Waals surface area contributed by atoms with Crippen molar-refractivity contribution in [2.45, 2.75) is 0 Å². The number of hydrogen-bond acceptors (Lipinski definition) is 6. The fraction of sp³-hybridized carbons (Fsp3) is 0.125. The number of methoxy groups -OCH3 is 2. The molecule has 2 aromatic rings. The molecular formula is C16H14ClN3O5. The summed E-state index contributed by atoms with van der Waals surface area (Å²) < 4.78 is 10.3. The summed E-state index contributed by atoms with van der Waals surface area (Å²) in [4.78, 5) is 22.2. The van der Waals surface area contributed by atoms with Crippen molar-refractivity contribution >= 4 is 29.4 Å². The van der Waals surface area contributed by atoms with Gasteiger partial charge in [0.05, 0.1) is 25.4 Å². The molecule has 0 spiro atoms. The Bertz CT molecular complexity index is 839. The van der Waals surface area contributed by atoms with Crippen LogP contribution in [0, 0.1) is 10.1 Å². The van der Waals surface area contributed by atoms with Gasteiger partial charge in [0.1, 0.15) is 5.02 Å². The van der Waals surface area contributed by atoms with Crippen LogP contribution < -0.4 is 14.9 Å². The number of benzene rings is 2. The number of nitro groups is 1. The SMILES string of the molecule is COc1ccc(/C=N/NC(=O)c2ccc(Cl)c([N+](=O)[O-])c2)cc1OC. The first kappa shape index (κ1) is 18.2. The number of halogens is 1. The van der Waals surface area contributed by atoms with E-state index < -0.39 is 10.8 Å². The third-order valence-corrected chi connectivity index (χ3v) is 3.51. The van der Waals surface area contributed by atoms with Gasteiger partial charge in [0.25, 0.3) is 11.6 Å². The van der Waals surface area contributed by atoms with Crippen molar-refractivity contribution < 1.29 is 19.2 Å². The molecule has 0 saturated carbocycles. The number of nitro benzene ring substituents is 1. The van der Waals surface area contributed by atoms with Crippen molar-refractivity contribution in [1.82, 2.24) is 5.43 Å². The van der Waals surface area contributed by atoms with Crippen LogP contribution in [0.3, 0.4) is 0 Å². The van der Waals surface area contributed by atoms with Gasteiger partial charge in [-0.25, -0.2) is 5.43 Å². The van der Waals surface area contributed by atoms with Gasteiger partial charge >= 0.3 is 0 Å². The van der Waals surface area contributed by atoms with Gasteiger partial charge in [-0.3, -0.25) is 14.9 Å². The molecule has 0 aliphatic heterocycles. The lowest BCUT2D eigenvalue weighted by molar-refractivity contribution is -0.384. The van der Waals surface area contributed by atoms with Crippen LogP contribution in [0.4, 0.5) is 5.69 Å². The van der Waals surface area contributed by atoms with Crippen molar-refractivity contribution in [2.24, 2.45) is 5.10 Å². The number of nitrogens with one attached hydrogen (secondary N) is 1. The van der Waals surface area contributed by atoms with Crippen LogP contribution in [-0.2, 0) is 0 Å². The molecule has 0 bridgehead atoms. The Morgan fingerprint density at radius 2 is 1.92 bits per heavy atom. The molecule has 0 aliphatic rings. The summed E-state index contributed by atoms with van der Waals surface area (Å²) >= 11 is 5.71. The zero-order valence-corrected chi connectivity index (χ0v) is 14.1. The molecule has 0 aliphatic carbocycles. The number of hydrogen-bond donors (Lipinski definition) is 1. The average molecular weight is 364 g/mol. The molecule has 1 N–H and O–H groups in total. The van der Waals surface area contributed by atoms with Gasteiger partial charge in [0, 0.05) is 11.6 Å². The van der Waals surface area contributed by atoms with E-state index in [0.29, 0.717) is 17.1 Å². The number of nitrogens with zero attached hydrogens (tertiary/aromatic N) is 2. The first-order valence-corrected chi connectivity index (χ1v) is 7.33. The quantitative estimate of drug-likeness (QED) is 0.482. The van der Waals surface area contributed by atoms with E-state index >= 15 is 0 Å². The van der Waals surface area contributed by atoms with Crippen molar-refractivity contribution in [2.75, 3.05) is 14.2 Å². The van der Waals surface area contributed by atoms with Gasteiger partial charge in [0.2, 0.25) is 0 Å². The Labute approximate surface area is 148 Å². The third kappa shape index (κ3) is 4.45. The molecule has 0 unspecified atom stereocenters. The number of carbonyl (C=O) groups excluding carboxylic acids is 1. The lowest BCUT2D eigenvalue weighted by Crippen LogP contribution is -2.17. The number of rotatable bonds is 6. The standard InChI is InChI=1S/C16H14ClN3O5/c1-24-14-6-3-10(7-15(14)25-2)9-18-19-16(21)11-4-5-12(17)13(8-11)20(22)23/h3-9H,1-2H3,(H,19,21)/b18-9+. The summed E-state index contributed by atoms with van der Waals surface area (Å²) in [5, 5.41) is 14.6. The smallest absolute Gasteiger partial charge is 0.288 e. The molecule has 0 saturated heterocycles. The maximum Gasteiger partial charge on any atom is 0.288 e. The van der Waals surface area contributed by atoms with E-state index in [1.165, 1.54) is 32.6 Å². The van der Waals surface area contributed by atoms with Crippen LogP contribution in [0.1, 0.15) is 15.9 Å². The Kier molecular flexibility index (Phi) is 5.91. The second-order valence-electron chi connectivity index (χ2n) is 4.74. The average Bonchev–Trinajstić information content (AvgIpc) is 2.61. The zero-order chi connectivity index (χ0) is 18.4. The molecule has 0 fully saturated rings. The zero-order valence-electron chi connectivity index (χ0n) is 13.4. The van der Waals surface area contributed by atoms with E-state index in [4.69, 9.17) is 21.1 Å². The highest BCUT2D eigenvalue weighted by molar-refractivity contribution is 6.32. The van der Waals surface area contributed by atoms with Crippen molar-refractivity contribution in [3.63, 3.8) is 0 Å². The summed E-state index contributed by atoms with van der Waals surface area (Å²) in [6.45, 7) is 0. The fourth-order valence-corrected chi connectivity index (χ4v) is 2.14. The van der Waals surface area contributed by atoms with Crippen LogP contribution >= 0.6 is 11.6 Å². The molecular weight excluding hydrogens is 350 g/mol.